The third-order valence-electron chi connectivity index (χ3n) is 9.00. The van der Waals surface area contributed by atoms with Crippen molar-refractivity contribution in [3.63, 3.8) is 0 Å². The van der Waals surface area contributed by atoms with Crippen LogP contribution in [-0.4, -0.2) is 14.5 Å². The number of furan rings is 1. The average Bonchev–Trinajstić information content (AvgIpc) is 3.65. The summed E-state index contributed by atoms with van der Waals surface area (Å²) in [5.41, 5.74) is 5.42. The zero-order valence-electron chi connectivity index (χ0n) is 23.5. The van der Waals surface area contributed by atoms with Crippen LogP contribution in [0, 0.1) is 0 Å². The van der Waals surface area contributed by atoms with Gasteiger partial charge in [0.05, 0.1) is 22.1 Å². The van der Waals surface area contributed by atoms with Gasteiger partial charge in [0.25, 0.3) is 0 Å². The van der Waals surface area contributed by atoms with E-state index in [2.05, 4.69) is 132 Å². The van der Waals surface area contributed by atoms with Crippen molar-refractivity contribution in [2.24, 2.45) is 0 Å². The van der Waals surface area contributed by atoms with Crippen LogP contribution in [0.25, 0.3) is 93.4 Å². The minimum Gasteiger partial charge on any atom is -0.437 e. The molecule has 0 bridgehead atoms. The van der Waals surface area contributed by atoms with Crippen LogP contribution in [0.1, 0.15) is 0 Å². The summed E-state index contributed by atoms with van der Waals surface area (Å²) < 4.78 is 8.81. The Bertz CT molecular complexity index is 2770. The van der Waals surface area contributed by atoms with E-state index >= 15 is 0 Å². The molecule has 0 unspecified atom stereocenters. The van der Waals surface area contributed by atoms with E-state index in [1.54, 1.807) is 0 Å². The topological polar surface area (TPSA) is 43.9 Å². The zero-order chi connectivity index (χ0) is 28.8. The summed E-state index contributed by atoms with van der Waals surface area (Å²) in [5.74, 6) is 0.589. The second-order valence-electron chi connectivity index (χ2n) is 11.4. The predicted octanol–water partition coefficient (Wildman–Crippen LogP) is 10.6. The van der Waals surface area contributed by atoms with Crippen molar-refractivity contribution in [1.82, 2.24) is 14.5 Å². The van der Waals surface area contributed by atoms with E-state index in [1.165, 1.54) is 26.9 Å². The largest absolute Gasteiger partial charge is 0.437 e. The fourth-order valence-electron chi connectivity index (χ4n) is 7.09. The molecule has 3 heterocycles. The third-order valence-corrected chi connectivity index (χ3v) is 9.00. The van der Waals surface area contributed by atoms with Crippen LogP contribution in [0.3, 0.4) is 0 Å². The van der Waals surface area contributed by atoms with Gasteiger partial charge < -0.3 is 4.42 Å². The lowest BCUT2D eigenvalue weighted by Crippen LogP contribution is -2.03. The molecule has 0 saturated heterocycles. The molecule has 0 fully saturated rings. The molecule has 0 aliphatic rings. The second-order valence-corrected chi connectivity index (χ2v) is 11.4. The van der Waals surface area contributed by atoms with Gasteiger partial charge in [-0.25, -0.2) is 4.98 Å². The monoisotopic (exact) mass is 561 g/mol. The first-order chi connectivity index (χ1) is 21.8. The average molecular weight is 562 g/mol. The van der Waals surface area contributed by atoms with Crippen LogP contribution < -0.4 is 0 Å². The van der Waals surface area contributed by atoms with Crippen molar-refractivity contribution in [2.75, 3.05) is 0 Å². The first-order valence-corrected chi connectivity index (χ1v) is 14.8. The number of nitrogens with zero attached hydrogens (tertiary/aromatic N) is 3. The van der Waals surface area contributed by atoms with Gasteiger partial charge in [-0.15, -0.1) is 0 Å². The van der Waals surface area contributed by atoms with Gasteiger partial charge in [-0.3, -0.25) is 4.57 Å². The lowest BCUT2D eigenvalue weighted by Gasteiger charge is -2.11. The Morgan fingerprint density at radius 3 is 1.84 bits per heavy atom. The molecule has 0 radical (unpaired) electrons. The molecular formula is C40H23N3O. The minimum absolute atomic E-state index is 0.580. The molecule has 10 aromatic rings. The predicted molar refractivity (Wildman–Crippen MR) is 182 cm³/mol. The number of benzene rings is 7. The zero-order valence-corrected chi connectivity index (χ0v) is 23.5. The maximum absolute atomic E-state index is 6.58. The van der Waals surface area contributed by atoms with Gasteiger partial charge in [0, 0.05) is 27.1 Å². The van der Waals surface area contributed by atoms with Crippen LogP contribution in [0.5, 0.6) is 0 Å². The summed E-state index contributed by atoms with van der Waals surface area (Å²) in [6.07, 6.45) is 0. The van der Waals surface area contributed by atoms with Crippen molar-refractivity contribution < 1.29 is 4.42 Å². The summed E-state index contributed by atoms with van der Waals surface area (Å²) in [5, 5.41) is 11.4. The molecule has 3 aromatic heterocycles. The molecule has 204 valence electrons. The highest BCUT2D eigenvalue weighted by atomic mass is 16.3. The van der Waals surface area contributed by atoms with E-state index in [0.717, 1.165) is 54.8 Å². The number of fused-ring (bicyclic) bond motifs is 12. The SMILES string of the molecule is c1ccc(-c2nc(-n3c4ccc5ccccc5c4c4ccc5ccccc5c43)nc3oc4ccc5ccccc5c4c23)cc1. The molecule has 0 amide bonds. The molecule has 4 nitrogen and oxygen atoms in total. The number of aromatic nitrogens is 3. The Hall–Kier alpha value is -6.00. The Morgan fingerprint density at radius 2 is 1.07 bits per heavy atom. The van der Waals surface area contributed by atoms with Gasteiger partial charge in [-0.05, 0) is 39.1 Å². The van der Waals surface area contributed by atoms with E-state index in [-0.39, 0.29) is 0 Å². The summed E-state index contributed by atoms with van der Waals surface area (Å²) >= 11 is 0. The number of hydrogen-bond donors (Lipinski definition) is 0. The molecule has 0 aliphatic heterocycles. The van der Waals surface area contributed by atoms with Crippen LogP contribution in [0.4, 0.5) is 0 Å². The van der Waals surface area contributed by atoms with Crippen molar-refractivity contribution >= 4 is 76.2 Å². The van der Waals surface area contributed by atoms with Gasteiger partial charge in [0.2, 0.25) is 11.7 Å². The Kier molecular flexibility index (Phi) is 4.69. The van der Waals surface area contributed by atoms with E-state index < -0.39 is 0 Å². The smallest absolute Gasteiger partial charge is 0.238 e. The second kappa shape index (κ2) is 8.76. The Labute approximate surface area is 251 Å². The summed E-state index contributed by atoms with van der Waals surface area (Å²) in [6.45, 7) is 0. The van der Waals surface area contributed by atoms with Gasteiger partial charge in [0.1, 0.15) is 5.58 Å². The molecule has 0 spiro atoms. The fourth-order valence-corrected chi connectivity index (χ4v) is 7.09. The van der Waals surface area contributed by atoms with E-state index in [4.69, 9.17) is 14.4 Å². The van der Waals surface area contributed by atoms with Crippen molar-refractivity contribution in [2.45, 2.75) is 0 Å². The highest BCUT2D eigenvalue weighted by Crippen LogP contribution is 2.42. The maximum atomic E-state index is 6.58. The fraction of sp³-hybridized carbons (Fsp3) is 0. The van der Waals surface area contributed by atoms with Crippen LogP contribution in [-0.2, 0) is 0 Å². The van der Waals surface area contributed by atoms with Gasteiger partial charge in [-0.2, -0.15) is 4.98 Å². The van der Waals surface area contributed by atoms with Crippen LogP contribution in [0.15, 0.2) is 144 Å². The standard InChI is InChI=1S/C40H23N3O/c1-2-13-27(14-3-1)37-36-35-29-16-8-5-11-25(29)20-23-33(35)44-39(36)42-40(41-37)43-32-22-19-24-10-4-7-15-28(24)34(32)31-21-18-26-12-6-9-17-30(26)38(31)43/h1-23H. The minimum atomic E-state index is 0.580. The highest BCUT2D eigenvalue weighted by molar-refractivity contribution is 6.26. The molecule has 4 heteroatoms. The summed E-state index contributed by atoms with van der Waals surface area (Å²) in [7, 11) is 0. The number of rotatable bonds is 2. The lowest BCUT2D eigenvalue weighted by molar-refractivity contribution is 0.651. The normalized spacial score (nSPS) is 12.1. The number of hydrogen-bond acceptors (Lipinski definition) is 3. The van der Waals surface area contributed by atoms with Crippen molar-refractivity contribution in [1.29, 1.82) is 0 Å². The molecule has 0 saturated carbocycles. The summed E-state index contributed by atoms with van der Waals surface area (Å²) in [6, 6.07) is 49.0. The van der Waals surface area contributed by atoms with Crippen LogP contribution >= 0.6 is 0 Å². The molecule has 0 N–H and O–H groups in total. The first-order valence-electron chi connectivity index (χ1n) is 14.8. The third kappa shape index (κ3) is 3.17. The molecule has 0 aliphatic carbocycles. The van der Waals surface area contributed by atoms with E-state index in [1.807, 2.05) is 12.1 Å². The van der Waals surface area contributed by atoms with Crippen molar-refractivity contribution in [3.05, 3.63) is 140 Å². The molecule has 7 aromatic carbocycles. The van der Waals surface area contributed by atoms with Gasteiger partial charge in [0.15, 0.2) is 0 Å². The van der Waals surface area contributed by atoms with Crippen LogP contribution in [0.2, 0.25) is 0 Å². The quantitative estimate of drug-likeness (QED) is 0.211. The van der Waals surface area contributed by atoms with Gasteiger partial charge >= 0.3 is 0 Å². The molecular weight excluding hydrogens is 538 g/mol. The molecule has 44 heavy (non-hydrogen) atoms. The van der Waals surface area contributed by atoms with E-state index in [9.17, 15) is 0 Å². The molecule has 0 atom stereocenters. The lowest BCUT2D eigenvalue weighted by atomic mass is 10.0. The Morgan fingerprint density at radius 1 is 0.455 bits per heavy atom. The molecule has 10 rings (SSSR count). The summed E-state index contributed by atoms with van der Waals surface area (Å²) in [4.78, 5) is 10.6. The first kappa shape index (κ1) is 23.6. The van der Waals surface area contributed by atoms with Crippen molar-refractivity contribution in [3.8, 4) is 17.2 Å². The Balaban J connectivity index is 1.42. The van der Waals surface area contributed by atoms with Gasteiger partial charge in [-0.1, -0.05) is 127 Å². The highest BCUT2D eigenvalue weighted by Gasteiger charge is 2.23. The maximum Gasteiger partial charge on any atom is 0.238 e. The van der Waals surface area contributed by atoms with E-state index in [0.29, 0.717) is 11.7 Å².